The minimum Gasteiger partial charge on any atom is -0.299 e. The summed E-state index contributed by atoms with van der Waals surface area (Å²) in [5.74, 6) is 1.01. The van der Waals surface area contributed by atoms with Crippen molar-refractivity contribution in [3.63, 3.8) is 0 Å². The van der Waals surface area contributed by atoms with Crippen LogP contribution >= 0.6 is 0 Å². The molecule has 1 unspecified atom stereocenters. The summed E-state index contributed by atoms with van der Waals surface area (Å²) in [5.41, 5.74) is 0.714. The lowest BCUT2D eigenvalue weighted by atomic mass is 9.78. The van der Waals surface area contributed by atoms with Crippen LogP contribution in [-0.4, -0.2) is 11.6 Å². The van der Waals surface area contributed by atoms with E-state index >= 15 is 0 Å². The Bertz CT molecular complexity index is 444. The molecule has 1 saturated carbocycles. The minimum atomic E-state index is 0.0785. The summed E-state index contributed by atoms with van der Waals surface area (Å²) >= 11 is 0. The topological polar surface area (TPSA) is 34.1 Å². The fourth-order valence-electron chi connectivity index (χ4n) is 3.13. The number of benzene rings is 1. The fraction of sp³-hybridized carbons (Fsp3) is 0.556. The zero-order chi connectivity index (χ0) is 14.4. The smallest absolute Gasteiger partial charge is 0.163 e. The monoisotopic (exact) mass is 272 g/mol. The standard InChI is InChI=1S/C18H24O2/c1-14(15-8-4-2-5-9-15)17(19)12-13-18(20)16-10-6-3-7-11-16/h3,6-7,10-11,14-15H,2,4-5,8-9,12-13H2,1H3. The molecule has 0 heterocycles. The lowest BCUT2D eigenvalue weighted by molar-refractivity contribution is -0.124. The average molecular weight is 272 g/mol. The highest BCUT2D eigenvalue weighted by molar-refractivity contribution is 5.98. The summed E-state index contributed by atoms with van der Waals surface area (Å²) in [6.45, 7) is 2.05. The molecule has 0 saturated heterocycles. The van der Waals surface area contributed by atoms with Crippen LogP contribution in [-0.2, 0) is 4.79 Å². The van der Waals surface area contributed by atoms with Crippen molar-refractivity contribution < 1.29 is 9.59 Å². The maximum absolute atomic E-state index is 12.2. The molecule has 2 heteroatoms. The summed E-state index contributed by atoms with van der Waals surface area (Å²) < 4.78 is 0. The van der Waals surface area contributed by atoms with Gasteiger partial charge in [-0.1, -0.05) is 56.5 Å². The van der Waals surface area contributed by atoms with Crippen molar-refractivity contribution in [2.45, 2.75) is 51.9 Å². The van der Waals surface area contributed by atoms with Crippen LogP contribution in [0.5, 0.6) is 0 Å². The van der Waals surface area contributed by atoms with E-state index in [1.54, 1.807) is 0 Å². The predicted molar refractivity (Wildman–Crippen MR) is 80.8 cm³/mol. The molecule has 108 valence electrons. The Labute approximate surface area is 121 Å². The van der Waals surface area contributed by atoms with Crippen LogP contribution in [0, 0.1) is 11.8 Å². The molecule has 0 bridgehead atoms. The van der Waals surface area contributed by atoms with Crippen molar-refractivity contribution in [2.75, 3.05) is 0 Å². The SMILES string of the molecule is CC(C(=O)CCC(=O)c1ccccc1)C1CCCCC1. The summed E-state index contributed by atoms with van der Waals surface area (Å²) in [7, 11) is 0. The molecule has 0 amide bonds. The first kappa shape index (κ1) is 15.0. The number of rotatable bonds is 6. The zero-order valence-electron chi connectivity index (χ0n) is 12.3. The second-order valence-electron chi connectivity index (χ2n) is 5.94. The Hall–Kier alpha value is -1.44. The summed E-state index contributed by atoms with van der Waals surface area (Å²) in [4.78, 5) is 24.2. The molecule has 1 aliphatic carbocycles. The Morgan fingerprint density at radius 2 is 1.70 bits per heavy atom. The van der Waals surface area contributed by atoms with E-state index in [-0.39, 0.29) is 17.5 Å². The molecule has 1 aliphatic rings. The van der Waals surface area contributed by atoms with E-state index in [2.05, 4.69) is 0 Å². The van der Waals surface area contributed by atoms with Gasteiger partial charge in [-0.3, -0.25) is 9.59 Å². The van der Waals surface area contributed by atoms with Crippen molar-refractivity contribution in [3.05, 3.63) is 35.9 Å². The van der Waals surface area contributed by atoms with Crippen LogP contribution in [0.3, 0.4) is 0 Å². The molecule has 0 radical (unpaired) electrons. The fourth-order valence-corrected chi connectivity index (χ4v) is 3.13. The van der Waals surface area contributed by atoms with Gasteiger partial charge in [0.15, 0.2) is 5.78 Å². The van der Waals surface area contributed by atoms with Gasteiger partial charge in [0.2, 0.25) is 0 Å². The molecule has 20 heavy (non-hydrogen) atoms. The van der Waals surface area contributed by atoms with Crippen molar-refractivity contribution in [1.29, 1.82) is 0 Å². The number of hydrogen-bond acceptors (Lipinski definition) is 2. The Morgan fingerprint density at radius 1 is 1.05 bits per heavy atom. The molecule has 1 atom stereocenters. The molecule has 2 nitrogen and oxygen atoms in total. The zero-order valence-corrected chi connectivity index (χ0v) is 12.3. The molecule has 0 N–H and O–H groups in total. The molecule has 0 aliphatic heterocycles. The van der Waals surface area contributed by atoms with Crippen LogP contribution < -0.4 is 0 Å². The molecule has 1 aromatic carbocycles. The number of carbonyl (C=O) groups is 2. The van der Waals surface area contributed by atoms with E-state index in [0.29, 0.717) is 24.3 Å². The molecule has 2 rings (SSSR count). The third kappa shape index (κ3) is 4.03. The molecule has 0 aromatic heterocycles. The van der Waals surface area contributed by atoms with Crippen molar-refractivity contribution in [2.24, 2.45) is 11.8 Å². The molecule has 0 spiro atoms. The lowest BCUT2D eigenvalue weighted by Gasteiger charge is -2.26. The highest BCUT2D eigenvalue weighted by Gasteiger charge is 2.25. The highest BCUT2D eigenvalue weighted by Crippen LogP contribution is 2.31. The van der Waals surface area contributed by atoms with Crippen LogP contribution in [0.15, 0.2) is 30.3 Å². The Kier molecular flexibility index (Phi) is 5.51. The van der Waals surface area contributed by atoms with Gasteiger partial charge in [-0.2, -0.15) is 0 Å². The molecule has 1 aromatic rings. The number of hydrogen-bond donors (Lipinski definition) is 0. The van der Waals surface area contributed by atoms with Gasteiger partial charge in [0, 0.05) is 24.3 Å². The third-order valence-corrected chi connectivity index (χ3v) is 4.56. The Balaban J connectivity index is 1.81. The highest BCUT2D eigenvalue weighted by atomic mass is 16.1. The number of ketones is 2. The molecular weight excluding hydrogens is 248 g/mol. The van der Waals surface area contributed by atoms with E-state index in [0.717, 1.165) is 0 Å². The van der Waals surface area contributed by atoms with Crippen LogP contribution in [0.25, 0.3) is 0 Å². The first-order valence-electron chi connectivity index (χ1n) is 7.79. The maximum Gasteiger partial charge on any atom is 0.163 e. The van der Waals surface area contributed by atoms with Crippen molar-refractivity contribution in [1.82, 2.24) is 0 Å². The van der Waals surface area contributed by atoms with E-state index in [9.17, 15) is 9.59 Å². The van der Waals surface area contributed by atoms with Crippen LogP contribution in [0.2, 0.25) is 0 Å². The quantitative estimate of drug-likeness (QED) is 0.718. The van der Waals surface area contributed by atoms with Gasteiger partial charge in [0.25, 0.3) is 0 Å². The van der Waals surface area contributed by atoms with Crippen molar-refractivity contribution >= 4 is 11.6 Å². The first-order chi connectivity index (χ1) is 9.68. The second kappa shape index (κ2) is 7.37. The van der Waals surface area contributed by atoms with Gasteiger partial charge in [-0.25, -0.2) is 0 Å². The minimum absolute atomic E-state index is 0.0785. The van der Waals surface area contributed by atoms with Crippen LogP contribution in [0.4, 0.5) is 0 Å². The van der Waals surface area contributed by atoms with Gasteiger partial charge in [-0.05, 0) is 18.8 Å². The van der Waals surface area contributed by atoms with E-state index in [1.165, 1.54) is 32.1 Å². The number of carbonyl (C=O) groups excluding carboxylic acids is 2. The van der Waals surface area contributed by atoms with Crippen LogP contribution in [0.1, 0.15) is 62.2 Å². The lowest BCUT2D eigenvalue weighted by Crippen LogP contribution is -2.23. The molecular formula is C18H24O2. The van der Waals surface area contributed by atoms with Gasteiger partial charge in [-0.15, -0.1) is 0 Å². The van der Waals surface area contributed by atoms with Crippen molar-refractivity contribution in [3.8, 4) is 0 Å². The largest absolute Gasteiger partial charge is 0.299 e. The molecule has 1 fully saturated rings. The maximum atomic E-state index is 12.2. The van der Waals surface area contributed by atoms with E-state index in [1.807, 2.05) is 37.3 Å². The van der Waals surface area contributed by atoms with E-state index in [4.69, 9.17) is 0 Å². The summed E-state index contributed by atoms with van der Waals surface area (Å²) in [6.07, 6.45) is 6.92. The van der Waals surface area contributed by atoms with Gasteiger partial charge in [0.1, 0.15) is 5.78 Å². The first-order valence-corrected chi connectivity index (χ1v) is 7.79. The summed E-state index contributed by atoms with van der Waals surface area (Å²) in [6, 6.07) is 9.25. The Morgan fingerprint density at radius 3 is 2.35 bits per heavy atom. The van der Waals surface area contributed by atoms with E-state index < -0.39 is 0 Å². The van der Waals surface area contributed by atoms with Gasteiger partial charge >= 0.3 is 0 Å². The van der Waals surface area contributed by atoms with Gasteiger partial charge in [0.05, 0.1) is 0 Å². The van der Waals surface area contributed by atoms with Gasteiger partial charge < -0.3 is 0 Å². The normalized spacial score (nSPS) is 17.6. The second-order valence-corrected chi connectivity index (χ2v) is 5.94. The average Bonchev–Trinajstić information content (AvgIpc) is 2.53. The summed E-state index contributed by atoms with van der Waals surface area (Å²) in [5, 5.41) is 0. The third-order valence-electron chi connectivity index (χ3n) is 4.56. The predicted octanol–water partition coefficient (Wildman–Crippen LogP) is 4.44. The number of Topliss-reactive ketones (excluding diaryl/α,β-unsaturated/α-hetero) is 2.